The quantitative estimate of drug-likeness (QED) is 0.775. The van der Waals surface area contributed by atoms with Crippen LogP contribution in [0.25, 0.3) is 5.78 Å². The maximum absolute atomic E-state index is 12.3. The highest BCUT2D eigenvalue weighted by Gasteiger charge is 2.11. The SMILES string of the molecule is CCc1c(C)nc2nc(NCc3cccc(Cl)c3)[nH]n2c1=O. The van der Waals surface area contributed by atoms with Crippen LogP contribution in [0.15, 0.2) is 29.1 Å². The zero-order valence-corrected chi connectivity index (χ0v) is 13.1. The van der Waals surface area contributed by atoms with Crippen LogP contribution in [-0.4, -0.2) is 19.6 Å². The molecule has 0 spiro atoms. The van der Waals surface area contributed by atoms with Crippen molar-refractivity contribution in [2.45, 2.75) is 26.8 Å². The molecule has 2 aromatic heterocycles. The Morgan fingerprint density at radius 1 is 1.36 bits per heavy atom. The third-order valence-corrected chi connectivity index (χ3v) is 3.73. The van der Waals surface area contributed by atoms with Gasteiger partial charge in [0.15, 0.2) is 0 Å². The number of hydrogen-bond acceptors (Lipinski definition) is 4. The van der Waals surface area contributed by atoms with Gasteiger partial charge in [0.25, 0.3) is 11.3 Å². The van der Waals surface area contributed by atoms with E-state index in [4.69, 9.17) is 11.6 Å². The van der Waals surface area contributed by atoms with Gasteiger partial charge in [-0.25, -0.2) is 4.98 Å². The smallest absolute Gasteiger partial charge is 0.277 e. The van der Waals surface area contributed by atoms with Crippen molar-refractivity contribution in [2.24, 2.45) is 0 Å². The molecule has 114 valence electrons. The second-order valence-corrected chi connectivity index (χ2v) is 5.46. The predicted molar refractivity (Wildman–Crippen MR) is 86.5 cm³/mol. The summed E-state index contributed by atoms with van der Waals surface area (Å²) in [6.45, 7) is 4.31. The first kappa shape index (κ1) is 14.6. The molecule has 0 atom stereocenters. The van der Waals surface area contributed by atoms with E-state index < -0.39 is 0 Å². The maximum Gasteiger partial charge on any atom is 0.277 e. The normalized spacial score (nSPS) is 11.0. The molecule has 0 radical (unpaired) electrons. The van der Waals surface area contributed by atoms with E-state index >= 15 is 0 Å². The molecule has 0 bridgehead atoms. The molecule has 0 amide bonds. The highest BCUT2D eigenvalue weighted by molar-refractivity contribution is 6.30. The van der Waals surface area contributed by atoms with Crippen molar-refractivity contribution >= 4 is 23.3 Å². The van der Waals surface area contributed by atoms with E-state index in [2.05, 4.69) is 20.4 Å². The lowest BCUT2D eigenvalue weighted by Gasteiger charge is -2.02. The van der Waals surface area contributed by atoms with Crippen LogP contribution in [0.1, 0.15) is 23.7 Å². The van der Waals surface area contributed by atoms with Gasteiger partial charge in [-0.1, -0.05) is 30.7 Å². The van der Waals surface area contributed by atoms with Crippen LogP contribution >= 0.6 is 11.6 Å². The summed E-state index contributed by atoms with van der Waals surface area (Å²) in [5.74, 6) is 0.866. The number of aromatic nitrogens is 4. The van der Waals surface area contributed by atoms with Gasteiger partial charge in [0.2, 0.25) is 5.95 Å². The summed E-state index contributed by atoms with van der Waals surface area (Å²) in [6, 6.07) is 7.55. The van der Waals surface area contributed by atoms with Crippen LogP contribution in [0.2, 0.25) is 5.02 Å². The molecule has 22 heavy (non-hydrogen) atoms. The van der Waals surface area contributed by atoms with E-state index in [0.29, 0.717) is 35.3 Å². The number of hydrogen-bond donors (Lipinski definition) is 2. The Hall–Kier alpha value is -2.34. The number of fused-ring (bicyclic) bond motifs is 1. The Labute approximate surface area is 132 Å². The maximum atomic E-state index is 12.3. The van der Waals surface area contributed by atoms with Gasteiger partial charge in [0, 0.05) is 17.1 Å². The summed E-state index contributed by atoms with van der Waals surface area (Å²) in [4.78, 5) is 21.0. The Kier molecular flexibility index (Phi) is 3.85. The van der Waals surface area contributed by atoms with Crippen molar-refractivity contribution in [3.05, 3.63) is 56.5 Å². The van der Waals surface area contributed by atoms with Gasteiger partial charge in [-0.3, -0.25) is 9.89 Å². The van der Waals surface area contributed by atoms with Crippen LogP contribution in [0, 0.1) is 6.92 Å². The summed E-state index contributed by atoms with van der Waals surface area (Å²) < 4.78 is 1.37. The largest absolute Gasteiger partial charge is 0.351 e. The van der Waals surface area contributed by atoms with E-state index in [1.165, 1.54) is 4.52 Å². The van der Waals surface area contributed by atoms with Crippen molar-refractivity contribution in [1.82, 2.24) is 19.6 Å². The number of anilines is 1. The average Bonchev–Trinajstić information content (AvgIpc) is 2.89. The summed E-state index contributed by atoms with van der Waals surface area (Å²) in [5.41, 5.74) is 2.34. The molecular formula is C15H16ClN5O. The van der Waals surface area contributed by atoms with Crippen LogP contribution in [0.4, 0.5) is 5.95 Å². The van der Waals surface area contributed by atoms with Crippen LogP contribution in [0.5, 0.6) is 0 Å². The molecule has 0 aliphatic heterocycles. The van der Waals surface area contributed by atoms with Crippen molar-refractivity contribution in [3.8, 4) is 0 Å². The van der Waals surface area contributed by atoms with Crippen molar-refractivity contribution in [1.29, 1.82) is 0 Å². The van der Waals surface area contributed by atoms with Crippen molar-refractivity contribution in [2.75, 3.05) is 5.32 Å². The number of nitrogens with zero attached hydrogens (tertiary/aromatic N) is 3. The number of aryl methyl sites for hydroxylation is 1. The van der Waals surface area contributed by atoms with E-state index in [9.17, 15) is 4.79 Å². The van der Waals surface area contributed by atoms with Gasteiger partial charge in [-0.15, -0.1) is 0 Å². The second kappa shape index (κ2) is 5.81. The predicted octanol–water partition coefficient (Wildman–Crippen LogP) is 2.55. The summed E-state index contributed by atoms with van der Waals surface area (Å²) >= 11 is 5.96. The van der Waals surface area contributed by atoms with E-state index in [-0.39, 0.29) is 5.56 Å². The van der Waals surface area contributed by atoms with Gasteiger partial charge in [0.05, 0.1) is 5.69 Å². The second-order valence-electron chi connectivity index (χ2n) is 5.03. The number of nitrogens with one attached hydrogen (secondary N) is 2. The number of halogens is 1. The molecule has 0 unspecified atom stereocenters. The zero-order valence-electron chi connectivity index (χ0n) is 12.4. The third kappa shape index (κ3) is 2.69. The zero-order chi connectivity index (χ0) is 15.7. The lowest BCUT2D eigenvalue weighted by atomic mass is 10.2. The standard InChI is InChI=1S/C15H16ClN5O/c1-3-12-9(2)18-15-19-14(20-21(15)13(12)22)17-8-10-5-4-6-11(16)7-10/h4-7H,3,8H2,1-2H3,(H2,17,18,19,20). The van der Waals surface area contributed by atoms with Crippen LogP contribution in [0.3, 0.4) is 0 Å². The Bertz CT molecular complexity index is 883. The Morgan fingerprint density at radius 2 is 2.18 bits per heavy atom. The van der Waals surface area contributed by atoms with Crippen LogP contribution in [-0.2, 0) is 13.0 Å². The average molecular weight is 318 g/mol. The third-order valence-electron chi connectivity index (χ3n) is 3.50. The molecule has 0 aliphatic rings. The molecule has 2 heterocycles. The molecule has 0 saturated heterocycles. The number of H-pyrrole nitrogens is 1. The Morgan fingerprint density at radius 3 is 2.91 bits per heavy atom. The van der Waals surface area contributed by atoms with Gasteiger partial charge in [-0.2, -0.15) is 9.50 Å². The number of benzene rings is 1. The van der Waals surface area contributed by atoms with Gasteiger partial charge in [-0.05, 0) is 31.0 Å². The number of aromatic amines is 1. The van der Waals surface area contributed by atoms with Crippen molar-refractivity contribution < 1.29 is 0 Å². The first-order valence-corrected chi connectivity index (χ1v) is 7.43. The molecule has 0 aliphatic carbocycles. The van der Waals surface area contributed by atoms with Gasteiger partial charge < -0.3 is 5.32 Å². The molecule has 6 nitrogen and oxygen atoms in total. The fraction of sp³-hybridized carbons (Fsp3) is 0.267. The van der Waals surface area contributed by atoms with E-state index in [1.54, 1.807) is 0 Å². The molecule has 7 heteroatoms. The molecular weight excluding hydrogens is 302 g/mol. The fourth-order valence-corrected chi connectivity index (χ4v) is 2.59. The number of rotatable bonds is 4. The minimum atomic E-state index is -0.103. The highest BCUT2D eigenvalue weighted by Crippen LogP contribution is 2.12. The molecule has 1 aromatic carbocycles. The van der Waals surface area contributed by atoms with E-state index in [1.807, 2.05) is 38.1 Å². The summed E-state index contributed by atoms with van der Waals surface area (Å²) in [7, 11) is 0. The molecule has 0 saturated carbocycles. The van der Waals surface area contributed by atoms with Crippen molar-refractivity contribution in [3.63, 3.8) is 0 Å². The monoisotopic (exact) mass is 317 g/mol. The molecule has 2 N–H and O–H groups in total. The van der Waals surface area contributed by atoms with Gasteiger partial charge >= 0.3 is 0 Å². The lowest BCUT2D eigenvalue weighted by molar-refractivity contribution is 0.851. The fourth-order valence-electron chi connectivity index (χ4n) is 2.37. The molecule has 0 fully saturated rings. The minimum absolute atomic E-state index is 0.103. The minimum Gasteiger partial charge on any atom is -0.351 e. The molecule has 3 rings (SSSR count). The highest BCUT2D eigenvalue weighted by atomic mass is 35.5. The first-order valence-electron chi connectivity index (χ1n) is 7.05. The van der Waals surface area contributed by atoms with Gasteiger partial charge in [0.1, 0.15) is 0 Å². The topological polar surface area (TPSA) is 75.1 Å². The summed E-state index contributed by atoms with van der Waals surface area (Å²) in [6.07, 6.45) is 0.644. The Balaban J connectivity index is 1.89. The summed E-state index contributed by atoms with van der Waals surface area (Å²) in [5, 5.41) is 6.76. The first-order chi connectivity index (χ1) is 10.6. The van der Waals surface area contributed by atoms with Crippen LogP contribution < -0.4 is 10.9 Å². The molecule has 3 aromatic rings. The lowest BCUT2D eigenvalue weighted by Crippen LogP contribution is -2.21. The van der Waals surface area contributed by atoms with E-state index in [0.717, 1.165) is 11.3 Å².